The van der Waals surface area contributed by atoms with Crippen molar-refractivity contribution in [2.24, 2.45) is 0 Å². The summed E-state index contributed by atoms with van der Waals surface area (Å²) < 4.78 is 10.7. The lowest BCUT2D eigenvalue weighted by Crippen LogP contribution is -2.32. The molecule has 0 bridgehead atoms. The average Bonchev–Trinajstić information content (AvgIpc) is 2.47. The molecule has 1 atom stereocenters. The molecular formula is C17H26N2O3. The highest BCUT2D eigenvalue weighted by Gasteiger charge is 2.10. The van der Waals surface area contributed by atoms with Crippen molar-refractivity contribution in [3.05, 3.63) is 35.4 Å². The molecule has 0 fully saturated rings. The van der Waals surface area contributed by atoms with Gasteiger partial charge in [0.15, 0.2) is 0 Å². The number of aliphatic hydroxyl groups is 1. The molecule has 0 radical (unpaired) electrons. The largest absolute Gasteiger partial charge is 0.389 e. The van der Waals surface area contributed by atoms with Gasteiger partial charge in [0.2, 0.25) is 0 Å². The summed E-state index contributed by atoms with van der Waals surface area (Å²) in [4.78, 5) is 1.98. The highest BCUT2D eigenvalue weighted by Crippen LogP contribution is 2.10. The third kappa shape index (κ3) is 7.53. The zero-order valence-electron chi connectivity index (χ0n) is 13.7. The number of hydrogen-bond donors (Lipinski definition) is 1. The van der Waals surface area contributed by atoms with Crippen LogP contribution in [0.1, 0.15) is 25.0 Å². The van der Waals surface area contributed by atoms with E-state index >= 15 is 0 Å². The van der Waals surface area contributed by atoms with E-state index in [1.54, 1.807) is 6.07 Å². The summed E-state index contributed by atoms with van der Waals surface area (Å²) in [7, 11) is 1.92. The van der Waals surface area contributed by atoms with Gasteiger partial charge in [-0.05, 0) is 32.5 Å². The molecule has 1 rings (SSSR count). The Labute approximate surface area is 133 Å². The minimum Gasteiger partial charge on any atom is -0.389 e. The van der Waals surface area contributed by atoms with Crippen LogP contribution in [-0.2, 0) is 16.0 Å². The maximum Gasteiger partial charge on any atom is 0.0995 e. The maximum absolute atomic E-state index is 9.96. The molecule has 0 spiro atoms. The predicted octanol–water partition coefficient (Wildman–Crippen LogP) is 1.79. The third-order valence-electron chi connectivity index (χ3n) is 3.09. The first kappa shape index (κ1) is 18.6. The summed E-state index contributed by atoms with van der Waals surface area (Å²) in [5, 5.41) is 19.0. The SMILES string of the molecule is CC(C)OCCOC[C@@H](O)CN(C)Cc1ccccc1C#N. The average molecular weight is 306 g/mol. The molecule has 0 heterocycles. The minimum atomic E-state index is -0.557. The van der Waals surface area contributed by atoms with Gasteiger partial charge in [0.05, 0.1) is 43.7 Å². The molecule has 0 unspecified atom stereocenters. The van der Waals surface area contributed by atoms with Gasteiger partial charge in [-0.1, -0.05) is 18.2 Å². The summed E-state index contributed by atoms with van der Waals surface area (Å²) in [6.07, 6.45) is -0.363. The van der Waals surface area contributed by atoms with E-state index in [-0.39, 0.29) is 12.7 Å². The first-order valence-electron chi connectivity index (χ1n) is 7.57. The molecule has 0 aliphatic rings. The number of ether oxygens (including phenoxy) is 2. The number of nitriles is 1. The fourth-order valence-corrected chi connectivity index (χ4v) is 2.10. The molecular weight excluding hydrogens is 280 g/mol. The Morgan fingerprint density at radius 3 is 2.68 bits per heavy atom. The van der Waals surface area contributed by atoms with E-state index in [1.807, 2.05) is 44.0 Å². The summed E-state index contributed by atoms with van der Waals surface area (Å²) in [5.41, 5.74) is 1.64. The molecule has 122 valence electrons. The topological polar surface area (TPSA) is 65.7 Å². The van der Waals surface area contributed by atoms with Crippen LogP contribution in [0.3, 0.4) is 0 Å². The van der Waals surface area contributed by atoms with Crippen molar-refractivity contribution in [3.8, 4) is 6.07 Å². The molecule has 0 saturated heterocycles. The van der Waals surface area contributed by atoms with Crippen molar-refractivity contribution in [1.29, 1.82) is 5.26 Å². The van der Waals surface area contributed by atoms with E-state index < -0.39 is 6.10 Å². The van der Waals surface area contributed by atoms with Gasteiger partial charge in [0.1, 0.15) is 0 Å². The van der Waals surface area contributed by atoms with Gasteiger partial charge in [-0.2, -0.15) is 5.26 Å². The lowest BCUT2D eigenvalue weighted by atomic mass is 10.1. The molecule has 0 aromatic heterocycles. The van der Waals surface area contributed by atoms with Crippen LogP contribution in [0.2, 0.25) is 0 Å². The summed E-state index contributed by atoms with van der Waals surface area (Å²) in [6, 6.07) is 9.68. The van der Waals surface area contributed by atoms with Crippen LogP contribution >= 0.6 is 0 Å². The van der Waals surface area contributed by atoms with Gasteiger partial charge in [-0.25, -0.2) is 0 Å². The highest BCUT2D eigenvalue weighted by molar-refractivity contribution is 5.37. The van der Waals surface area contributed by atoms with Gasteiger partial charge >= 0.3 is 0 Å². The van der Waals surface area contributed by atoms with E-state index in [9.17, 15) is 5.11 Å². The van der Waals surface area contributed by atoms with Crippen molar-refractivity contribution in [2.75, 3.05) is 33.4 Å². The van der Waals surface area contributed by atoms with Crippen LogP contribution in [0, 0.1) is 11.3 Å². The van der Waals surface area contributed by atoms with E-state index in [0.717, 1.165) is 5.56 Å². The van der Waals surface area contributed by atoms with Gasteiger partial charge in [-0.15, -0.1) is 0 Å². The zero-order valence-corrected chi connectivity index (χ0v) is 13.7. The Balaban J connectivity index is 2.26. The highest BCUT2D eigenvalue weighted by atomic mass is 16.5. The molecule has 5 heteroatoms. The second kappa shape index (κ2) is 10.3. The molecule has 0 saturated carbocycles. The Bertz CT molecular complexity index is 471. The van der Waals surface area contributed by atoms with E-state index in [2.05, 4.69) is 6.07 Å². The quantitative estimate of drug-likeness (QED) is 0.668. The second-order valence-electron chi connectivity index (χ2n) is 5.61. The minimum absolute atomic E-state index is 0.194. The summed E-state index contributed by atoms with van der Waals surface area (Å²) in [6.45, 7) is 6.37. The number of benzene rings is 1. The number of rotatable bonds is 10. The van der Waals surface area contributed by atoms with Crippen LogP contribution in [0.4, 0.5) is 0 Å². The number of likely N-dealkylation sites (N-methyl/N-ethyl adjacent to an activating group) is 1. The summed E-state index contributed by atoms with van der Waals surface area (Å²) >= 11 is 0. The summed E-state index contributed by atoms with van der Waals surface area (Å²) in [5.74, 6) is 0. The smallest absolute Gasteiger partial charge is 0.0995 e. The van der Waals surface area contributed by atoms with Crippen molar-refractivity contribution in [2.45, 2.75) is 32.6 Å². The third-order valence-corrected chi connectivity index (χ3v) is 3.09. The second-order valence-corrected chi connectivity index (χ2v) is 5.61. The van der Waals surface area contributed by atoms with Crippen LogP contribution in [0.5, 0.6) is 0 Å². The molecule has 1 N–H and O–H groups in total. The van der Waals surface area contributed by atoms with Crippen LogP contribution < -0.4 is 0 Å². The Hall–Kier alpha value is -1.45. The van der Waals surface area contributed by atoms with E-state index in [4.69, 9.17) is 14.7 Å². The standard InChI is InChI=1S/C17H26N2O3/c1-14(2)22-9-8-21-13-17(20)12-19(3)11-16-7-5-4-6-15(16)10-18/h4-7,14,17,20H,8-9,11-13H2,1-3H3/t17-/m0/s1. The Kier molecular flexibility index (Phi) is 8.71. The molecule has 0 aliphatic heterocycles. The first-order valence-corrected chi connectivity index (χ1v) is 7.57. The first-order chi connectivity index (χ1) is 10.5. The molecule has 22 heavy (non-hydrogen) atoms. The van der Waals surface area contributed by atoms with Crippen molar-refractivity contribution >= 4 is 0 Å². The number of nitrogens with zero attached hydrogens (tertiary/aromatic N) is 2. The van der Waals surface area contributed by atoms with Crippen molar-refractivity contribution < 1.29 is 14.6 Å². The lowest BCUT2D eigenvalue weighted by Gasteiger charge is -2.21. The number of aliphatic hydroxyl groups excluding tert-OH is 1. The fraction of sp³-hybridized carbons (Fsp3) is 0.588. The van der Waals surface area contributed by atoms with Crippen molar-refractivity contribution in [3.63, 3.8) is 0 Å². The van der Waals surface area contributed by atoms with Crippen LogP contribution in [0.15, 0.2) is 24.3 Å². The fourth-order valence-electron chi connectivity index (χ4n) is 2.10. The molecule has 0 amide bonds. The molecule has 1 aromatic rings. The van der Waals surface area contributed by atoms with Crippen LogP contribution in [-0.4, -0.2) is 55.6 Å². The van der Waals surface area contributed by atoms with E-state index in [0.29, 0.717) is 31.9 Å². The van der Waals surface area contributed by atoms with E-state index in [1.165, 1.54) is 0 Å². The lowest BCUT2D eigenvalue weighted by molar-refractivity contribution is -0.0174. The van der Waals surface area contributed by atoms with Gasteiger partial charge in [0, 0.05) is 13.1 Å². The van der Waals surface area contributed by atoms with Crippen LogP contribution in [0.25, 0.3) is 0 Å². The van der Waals surface area contributed by atoms with Gasteiger partial charge < -0.3 is 14.6 Å². The molecule has 5 nitrogen and oxygen atoms in total. The Morgan fingerprint density at radius 1 is 1.27 bits per heavy atom. The maximum atomic E-state index is 9.96. The monoisotopic (exact) mass is 306 g/mol. The predicted molar refractivity (Wildman–Crippen MR) is 85.4 cm³/mol. The zero-order chi connectivity index (χ0) is 16.4. The van der Waals surface area contributed by atoms with Gasteiger partial charge in [0.25, 0.3) is 0 Å². The molecule has 0 aliphatic carbocycles. The normalized spacial score (nSPS) is 12.6. The van der Waals surface area contributed by atoms with Gasteiger partial charge in [-0.3, -0.25) is 4.90 Å². The molecule has 1 aromatic carbocycles. The van der Waals surface area contributed by atoms with Crippen molar-refractivity contribution in [1.82, 2.24) is 4.90 Å². The number of hydrogen-bond acceptors (Lipinski definition) is 5. The Morgan fingerprint density at radius 2 is 2.00 bits per heavy atom.